The summed E-state index contributed by atoms with van der Waals surface area (Å²) in [6, 6.07) is 19.9. The highest BCUT2D eigenvalue weighted by atomic mass is 16.5. The van der Waals surface area contributed by atoms with Crippen LogP contribution in [0, 0.1) is 0 Å². The van der Waals surface area contributed by atoms with Gasteiger partial charge in [0, 0.05) is 18.7 Å². The van der Waals surface area contributed by atoms with E-state index in [1.807, 2.05) is 67.0 Å². The number of nitrogen functional groups attached to an aromatic ring is 1. The lowest BCUT2D eigenvalue weighted by atomic mass is 10.1. The summed E-state index contributed by atoms with van der Waals surface area (Å²) >= 11 is 0. The Morgan fingerprint density at radius 2 is 1.21 bits per heavy atom. The van der Waals surface area contributed by atoms with E-state index in [0.29, 0.717) is 29.6 Å². The van der Waals surface area contributed by atoms with Gasteiger partial charge in [0.2, 0.25) is 0 Å². The molecule has 0 atom stereocenters. The number of aromatic amines is 2. The number of aromatic nitrogens is 9. The molecule has 0 aliphatic carbocycles. The van der Waals surface area contributed by atoms with Gasteiger partial charge in [-0.2, -0.15) is 0 Å². The minimum Gasteiger partial charge on any atom is -0.493 e. The molecule has 0 amide bonds. The summed E-state index contributed by atoms with van der Waals surface area (Å²) in [4.78, 5) is 34.0. The maximum Gasteiger partial charge on any atom is 0.165 e. The van der Waals surface area contributed by atoms with Gasteiger partial charge in [0.15, 0.2) is 23.1 Å². The number of aryl methyl sites for hydroxylation is 1. The average molecular weight is 629 g/mol. The number of imidazole rings is 3. The van der Waals surface area contributed by atoms with Crippen molar-refractivity contribution < 1.29 is 4.74 Å². The van der Waals surface area contributed by atoms with Crippen molar-refractivity contribution in [2.45, 2.75) is 70.8 Å². The number of anilines is 1. The van der Waals surface area contributed by atoms with Crippen molar-refractivity contribution in [3.63, 3.8) is 0 Å². The molecule has 0 aliphatic rings. The standard InChI is InChI=1S/C36H40N10O/c37-33-32-36(39-23-38-33)46(24-40-32)19-13-7-5-3-1-2-4-6-8-14-20-47-25-21-30(34-42-26-15-9-10-16-27(26)43-34)41-31(22-25)35-44-28-17-11-12-18-29(28)45-35/h9-12,15-18,21-24H,1-8,13-14,19-20H2,(H,42,43)(H,44,45)(H2,37,38,39). The number of nitrogens with zero attached hydrogens (tertiary/aromatic N) is 7. The summed E-state index contributed by atoms with van der Waals surface area (Å²) < 4.78 is 8.35. The number of unbranched alkanes of at least 4 members (excludes halogenated alkanes) is 9. The quantitative estimate of drug-likeness (QED) is 0.0915. The largest absolute Gasteiger partial charge is 0.493 e. The number of nitrogens with one attached hydrogen (secondary N) is 2. The molecular weight excluding hydrogens is 588 g/mol. The van der Waals surface area contributed by atoms with Gasteiger partial charge in [-0.3, -0.25) is 0 Å². The van der Waals surface area contributed by atoms with Crippen molar-refractivity contribution in [3.05, 3.63) is 73.3 Å². The molecule has 7 rings (SSSR count). The lowest BCUT2D eigenvalue weighted by Crippen LogP contribution is -2.00. The Morgan fingerprint density at radius 1 is 0.638 bits per heavy atom. The van der Waals surface area contributed by atoms with Gasteiger partial charge in [0.05, 0.1) is 35.0 Å². The molecule has 11 nitrogen and oxygen atoms in total. The van der Waals surface area contributed by atoms with Crippen molar-refractivity contribution in [2.75, 3.05) is 12.3 Å². The molecule has 0 fully saturated rings. The van der Waals surface area contributed by atoms with E-state index in [0.717, 1.165) is 70.7 Å². The number of pyridine rings is 1. The second kappa shape index (κ2) is 14.4. The number of rotatable bonds is 16. The number of fused-ring (bicyclic) bond motifs is 3. The first-order valence-corrected chi connectivity index (χ1v) is 16.7. The number of benzene rings is 2. The van der Waals surface area contributed by atoms with Gasteiger partial charge in [-0.1, -0.05) is 75.6 Å². The van der Waals surface area contributed by atoms with Gasteiger partial charge >= 0.3 is 0 Å². The van der Waals surface area contributed by atoms with Crippen LogP contribution in [0.25, 0.3) is 56.3 Å². The van der Waals surface area contributed by atoms with E-state index in [4.69, 9.17) is 25.4 Å². The van der Waals surface area contributed by atoms with E-state index in [-0.39, 0.29) is 0 Å². The molecule has 0 unspecified atom stereocenters. The Balaban J connectivity index is 0.845. The van der Waals surface area contributed by atoms with Crippen LogP contribution in [0.15, 0.2) is 73.3 Å². The summed E-state index contributed by atoms with van der Waals surface area (Å²) in [5, 5.41) is 0. The predicted octanol–water partition coefficient (Wildman–Crippen LogP) is 7.87. The molecule has 4 N–H and O–H groups in total. The monoisotopic (exact) mass is 628 g/mol. The topological polar surface area (TPSA) is 149 Å². The highest BCUT2D eigenvalue weighted by Gasteiger charge is 2.14. The van der Waals surface area contributed by atoms with E-state index in [2.05, 4.69) is 29.5 Å². The molecule has 0 radical (unpaired) electrons. The number of ether oxygens (including phenoxy) is 1. The Labute approximate surface area is 273 Å². The zero-order valence-electron chi connectivity index (χ0n) is 26.5. The van der Waals surface area contributed by atoms with Crippen LogP contribution >= 0.6 is 0 Å². The molecule has 240 valence electrons. The molecular formula is C36H40N10O. The summed E-state index contributed by atoms with van der Waals surface area (Å²) in [5.41, 5.74) is 12.6. The van der Waals surface area contributed by atoms with E-state index in [1.54, 1.807) is 0 Å². The summed E-state index contributed by atoms with van der Waals surface area (Å²) in [7, 11) is 0. The van der Waals surface area contributed by atoms with E-state index >= 15 is 0 Å². The second-order valence-electron chi connectivity index (χ2n) is 12.0. The van der Waals surface area contributed by atoms with Gasteiger partial charge in [-0.25, -0.2) is 29.9 Å². The molecule has 2 aromatic carbocycles. The summed E-state index contributed by atoms with van der Waals surface area (Å²) in [6.45, 7) is 1.57. The fraction of sp³-hybridized carbons (Fsp3) is 0.333. The predicted molar refractivity (Wildman–Crippen MR) is 186 cm³/mol. The Hall–Kier alpha value is -5.32. The first kappa shape index (κ1) is 30.3. The van der Waals surface area contributed by atoms with Crippen LogP contribution in [-0.4, -0.2) is 51.0 Å². The highest BCUT2D eigenvalue weighted by molar-refractivity contribution is 5.82. The van der Waals surface area contributed by atoms with Crippen LogP contribution in [-0.2, 0) is 6.54 Å². The van der Waals surface area contributed by atoms with Crippen molar-refractivity contribution in [1.82, 2.24) is 44.4 Å². The zero-order valence-corrected chi connectivity index (χ0v) is 26.5. The Morgan fingerprint density at radius 3 is 1.83 bits per heavy atom. The minimum absolute atomic E-state index is 0.442. The molecule has 0 saturated carbocycles. The number of nitrogens with two attached hydrogens (primary N) is 1. The maximum atomic E-state index is 6.28. The van der Waals surface area contributed by atoms with Gasteiger partial charge in [0.25, 0.3) is 0 Å². The van der Waals surface area contributed by atoms with Crippen LogP contribution in [0.3, 0.4) is 0 Å². The van der Waals surface area contributed by atoms with Gasteiger partial charge < -0.3 is 25.0 Å². The number of hydrogen-bond acceptors (Lipinski definition) is 8. The molecule has 0 aliphatic heterocycles. The first-order valence-electron chi connectivity index (χ1n) is 16.7. The molecule has 0 spiro atoms. The fourth-order valence-corrected chi connectivity index (χ4v) is 6.03. The van der Waals surface area contributed by atoms with Crippen molar-refractivity contribution >= 4 is 39.0 Å². The van der Waals surface area contributed by atoms with Crippen LogP contribution < -0.4 is 10.5 Å². The molecule has 0 bridgehead atoms. The number of para-hydroxylation sites is 4. The van der Waals surface area contributed by atoms with Crippen molar-refractivity contribution in [1.29, 1.82) is 0 Å². The van der Waals surface area contributed by atoms with E-state index in [9.17, 15) is 0 Å². The van der Waals surface area contributed by atoms with Gasteiger partial charge in [-0.05, 0) is 37.1 Å². The van der Waals surface area contributed by atoms with Crippen LogP contribution in [0.5, 0.6) is 5.75 Å². The highest BCUT2D eigenvalue weighted by Crippen LogP contribution is 2.29. The minimum atomic E-state index is 0.442. The van der Waals surface area contributed by atoms with Crippen LogP contribution in [0.4, 0.5) is 5.82 Å². The lowest BCUT2D eigenvalue weighted by molar-refractivity contribution is 0.304. The number of H-pyrrole nitrogens is 2. The molecule has 5 heterocycles. The average Bonchev–Trinajstić information content (AvgIpc) is 3.84. The fourth-order valence-electron chi connectivity index (χ4n) is 6.03. The first-order chi connectivity index (χ1) is 23.2. The van der Waals surface area contributed by atoms with Crippen LogP contribution in [0.2, 0.25) is 0 Å². The molecule has 5 aromatic heterocycles. The molecule has 47 heavy (non-hydrogen) atoms. The Bertz CT molecular complexity index is 1920. The van der Waals surface area contributed by atoms with Crippen LogP contribution in [0.1, 0.15) is 64.2 Å². The van der Waals surface area contributed by atoms with Gasteiger partial charge in [0.1, 0.15) is 29.0 Å². The van der Waals surface area contributed by atoms with Crippen molar-refractivity contribution in [2.24, 2.45) is 0 Å². The van der Waals surface area contributed by atoms with E-state index < -0.39 is 0 Å². The van der Waals surface area contributed by atoms with Gasteiger partial charge in [-0.15, -0.1) is 0 Å². The smallest absolute Gasteiger partial charge is 0.165 e. The lowest BCUT2D eigenvalue weighted by Gasteiger charge is -2.09. The van der Waals surface area contributed by atoms with E-state index in [1.165, 1.54) is 51.3 Å². The molecule has 0 saturated heterocycles. The molecule has 7 aromatic rings. The summed E-state index contributed by atoms with van der Waals surface area (Å²) in [6.07, 6.45) is 15.4. The Kier molecular flexibility index (Phi) is 9.30. The third kappa shape index (κ3) is 7.24. The third-order valence-corrected chi connectivity index (χ3v) is 8.55. The maximum absolute atomic E-state index is 6.28. The van der Waals surface area contributed by atoms with Crippen molar-refractivity contribution in [3.8, 4) is 28.8 Å². The zero-order chi connectivity index (χ0) is 31.8. The second-order valence-corrected chi connectivity index (χ2v) is 12.0. The SMILES string of the molecule is Nc1ncnc2c1ncn2CCCCCCCCCCCCOc1cc(-c2nc3ccccc3[nH]2)nc(-c2nc3ccccc3[nH]2)c1. The normalized spacial score (nSPS) is 11.7. The number of hydrogen-bond donors (Lipinski definition) is 3. The molecule has 11 heteroatoms. The third-order valence-electron chi connectivity index (χ3n) is 8.55. The summed E-state index contributed by atoms with van der Waals surface area (Å²) in [5.74, 6) is 2.63.